The van der Waals surface area contributed by atoms with Gasteiger partial charge in [-0.1, -0.05) is 13.8 Å². The van der Waals surface area contributed by atoms with Gasteiger partial charge in [0.25, 0.3) is 0 Å². The van der Waals surface area contributed by atoms with Crippen LogP contribution in [0.2, 0.25) is 0 Å². The summed E-state index contributed by atoms with van der Waals surface area (Å²) in [6.45, 7) is 4.32. The molecule has 4 N–H and O–H groups in total. The van der Waals surface area contributed by atoms with Crippen LogP contribution in [0.25, 0.3) is 0 Å². The minimum Gasteiger partial charge on any atom is -0.481 e. The predicted octanol–water partition coefficient (Wildman–Crippen LogP) is 0.198. The molecule has 0 aromatic carbocycles. The van der Waals surface area contributed by atoms with E-state index in [1.165, 1.54) is 0 Å². The average molecular weight is 216 g/mol. The second kappa shape index (κ2) is 7.23. The van der Waals surface area contributed by atoms with Gasteiger partial charge < -0.3 is 16.2 Å². The molecule has 1 amide bonds. The lowest BCUT2D eigenvalue weighted by atomic mass is 10.1. The zero-order chi connectivity index (χ0) is 11.8. The van der Waals surface area contributed by atoms with Gasteiger partial charge in [-0.15, -0.1) is 0 Å². The number of carbonyl (C=O) groups is 2. The number of nitrogens with one attached hydrogen (secondary N) is 1. The van der Waals surface area contributed by atoms with Crippen molar-refractivity contribution in [3.05, 3.63) is 0 Å². The molecule has 0 fully saturated rings. The van der Waals surface area contributed by atoms with Gasteiger partial charge in [-0.3, -0.25) is 9.59 Å². The number of aliphatic carboxylic acids is 1. The Kier molecular flexibility index (Phi) is 6.70. The Labute approximate surface area is 90.0 Å². The molecular formula is C10H20N2O3. The van der Waals surface area contributed by atoms with Crippen molar-refractivity contribution >= 4 is 11.9 Å². The maximum atomic E-state index is 11.4. The summed E-state index contributed by atoms with van der Waals surface area (Å²) in [5, 5.41) is 11.3. The van der Waals surface area contributed by atoms with Crippen molar-refractivity contribution in [1.82, 2.24) is 5.32 Å². The Balaban J connectivity index is 3.67. The zero-order valence-electron chi connectivity index (χ0n) is 9.32. The molecule has 0 aromatic heterocycles. The molecule has 2 atom stereocenters. The van der Waals surface area contributed by atoms with E-state index in [1.54, 1.807) is 6.92 Å². The highest BCUT2D eigenvalue weighted by Crippen LogP contribution is 2.02. The zero-order valence-corrected chi connectivity index (χ0v) is 9.32. The molecular weight excluding hydrogens is 196 g/mol. The summed E-state index contributed by atoms with van der Waals surface area (Å²) in [5.74, 6) is -1.41. The van der Waals surface area contributed by atoms with Gasteiger partial charge in [0.05, 0.1) is 5.92 Å². The van der Waals surface area contributed by atoms with Crippen LogP contribution in [-0.2, 0) is 9.59 Å². The topological polar surface area (TPSA) is 92.4 Å². The highest BCUT2D eigenvalue weighted by molar-refractivity contribution is 5.78. The number of carboxylic acids is 1. The van der Waals surface area contributed by atoms with Crippen molar-refractivity contribution in [2.75, 3.05) is 13.1 Å². The van der Waals surface area contributed by atoms with Gasteiger partial charge in [0, 0.05) is 12.5 Å². The normalized spacial score (nSPS) is 14.3. The third kappa shape index (κ3) is 6.06. The molecule has 15 heavy (non-hydrogen) atoms. The minimum absolute atomic E-state index is 0.0574. The van der Waals surface area contributed by atoms with Crippen molar-refractivity contribution in [2.45, 2.75) is 26.7 Å². The Hall–Kier alpha value is -1.10. The van der Waals surface area contributed by atoms with E-state index < -0.39 is 11.9 Å². The Morgan fingerprint density at radius 3 is 2.33 bits per heavy atom. The molecule has 0 aliphatic carbocycles. The highest BCUT2D eigenvalue weighted by Gasteiger charge is 2.13. The first-order valence-corrected chi connectivity index (χ1v) is 5.19. The van der Waals surface area contributed by atoms with Gasteiger partial charge in [-0.25, -0.2) is 0 Å². The van der Waals surface area contributed by atoms with Crippen LogP contribution in [0, 0.1) is 11.8 Å². The van der Waals surface area contributed by atoms with E-state index >= 15 is 0 Å². The van der Waals surface area contributed by atoms with Gasteiger partial charge in [-0.05, 0) is 19.4 Å². The Bertz CT molecular complexity index is 219. The summed E-state index contributed by atoms with van der Waals surface area (Å²) in [6, 6.07) is 0. The van der Waals surface area contributed by atoms with E-state index in [1.807, 2.05) is 6.92 Å². The van der Waals surface area contributed by atoms with Gasteiger partial charge in [-0.2, -0.15) is 0 Å². The minimum atomic E-state index is -0.834. The lowest BCUT2D eigenvalue weighted by molar-refractivity contribution is -0.141. The summed E-state index contributed by atoms with van der Waals surface area (Å²) in [6.07, 6.45) is 1.11. The van der Waals surface area contributed by atoms with Gasteiger partial charge in [0.1, 0.15) is 0 Å². The maximum absolute atomic E-state index is 11.4. The third-order valence-electron chi connectivity index (χ3n) is 2.35. The van der Waals surface area contributed by atoms with Gasteiger partial charge in [0.15, 0.2) is 0 Å². The van der Waals surface area contributed by atoms with Crippen LogP contribution in [0.15, 0.2) is 0 Å². The Morgan fingerprint density at radius 2 is 1.87 bits per heavy atom. The molecule has 0 heterocycles. The van der Waals surface area contributed by atoms with E-state index in [0.29, 0.717) is 25.9 Å². The molecule has 0 saturated heterocycles. The molecule has 0 aliphatic heterocycles. The SMILES string of the molecule is CC(CCNC(=O)C(C)CCN)C(=O)O. The summed E-state index contributed by atoms with van der Waals surface area (Å²) in [7, 11) is 0. The first kappa shape index (κ1) is 13.9. The number of amides is 1. The second-order valence-corrected chi connectivity index (χ2v) is 3.80. The lowest BCUT2D eigenvalue weighted by Crippen LogP contribution is -2.32. The maximum Gasteiger partial charge on any atom is 0.306 e. The fourth-order valence-corrected chi connectivity index (χ4v) is 1.09. The highest BCUT2D eigenvalue weighted by atomic mass is 16.4. The molecule has 5 nitrogen and oxygen atoms in total. The summed E-state index contributed by atoms with van der Waals surface area (Å²) in [5.41, 5.74) is 5.33. The first-order chi connectivity index (χ1) is 6.99. The van der Waals surface area contributed by atoms with E-state index in [4.69, 9.17) is 10.8 Å². The van der Waals surface area contributed by atoms with E-state index in [9.17, 15) is 9.59 Å². The third-order valence-corrected chi connectivity index (χ3v) is 2.35. The number of hydrogen-bond acceptors (Lipinski definition) is 3. The molecule has 0 saturated carbocycles. The summed E-state index contributed by atoms with van der Waals surface area (Å²) >= 11 is 0. The standard InChI is InChI=1S/C10H20N2O3/c1-7(3-5-11)9(13)12-6-4-8(2)10(14)15/h7-8H,3-6,11H2,1-2H3,(H,12,13)(H,14,15). The van der Waals surface area contributed by atoms with E-state index in [0.717, 1.165) is 0 Å². The number of carboxylic acid groups (broad SMARTS) is 1. The molecule has 0 aromatic rings. The predicted molar refractivity (Wildman–Crippen MR) is 57.3 cm³/mol. The number of carbonyl (C=O) groups excluding carboxylic acids is 1. The quantitative estimate of drug-likeness (QED) is 0.566. The van der Waals surface area contributed by atoms with E-state index in [-0.39, 0.29) is 11.8 Å². The van der Waals surface area contributed by atoms with Crippen molar-refractivity contribution < 1.29 is 14.7 Å². The van der Waals surface area contributed by atoms with Crippen molar-refractivity contribution in [3.8, 4) is 0 Å². The molecule has 0 rings (SSSR count). The van der Waals surface area contributed by atoms with Crippen molar-refractivity contribution in [2.24, 2.45) is 17.6 Å². The van der Waals surface area contributed by atoms with Gasteiger partial charge >= 0.3 is 5.97 Å². The monoisotopic (exact) mass is 216 g/mol. The molecule has 0 aliphatic rings. The molecule has 0 radical (unpaired) electrons. The van der Waals surface area contributed by atoms with Crippen LogP contribution in [0.4, 0.5) is 0 Å². The number of nitrogens with two attached hydrogens (primary N) is 1. The van der Waals surface area contributed by atoms with Crippen LogP contribution in [0.5, 0.6) is 0 Å². The molecule has 88 valence electrons. The molecule has 5 heteroatoms. The fraction of sp³-hybridized carbons (Fsp3) is 0.800. The first-order valence-electron chi connectivity index (χ1n) is 5.19. The Morgan fingerprint density at radius 1 is 1.27 bits per heavy atom. The largest absolute Gasteiger partial charge is 0.481 e. The van der Waals surface area contributed by atoms with Crippen LogP contribution >= 0.6 is 0 Å². The van der Waals surface area contributed by atoms with Crippen molar-refractivity contribution in [3.63, 3.8) is 0 Å². The summed E-state index contributed by atoms with van der Waals surface area (Å²) < 4.78 is 0. The lowest BCUT2D eigenvalue weighted by Gasteiger charge is -2.12. The van der Waals surface area contributed by atoms with Crippen LogP contribution in [0.3, 0.4) is 0 Å². The smallest absolute Gasteiger partial charge is 0.306 e. The van der Waals surface area contributed by atoms with Gasteiger partial charge in [0.2, 0.25) is 5.91 Å². The molecule has 0 bridgehead atoms. The second-order valence-electron chi connectivity index (χ2n) is 3.80. The van der Waals surface area contributed by atoms with Crippen LogP contribution in [0.1, 0.15) is 26.7 Å². The van der Waals surface area contributed by atoms with Crippen LogP contribution in [-0.4, -0.2) is 30.1 Å². The number of hydrogen-bond donors (Lipinski definition) is 3. The van der Waals surface area contributed by atoms with Crippen LogP contribution < -0.4 is 11.1 Å². The molecule has 2 unspecified atom stereocenters. The number of rotatable bonds is 7. The van der Waals surface area contributed by atoms with Crippen molar-refractivity contribution in [1.29, 1.82) is 0 Å². The van der Waals surface area contributed by atoms with E-state index in [2.05, 4.69) is 5.32 Å². The fourth-order valence-electron chi connectivity index (χ4n) is 1.09. The molecule has 0 spiro atoms. The average Bonchev–Trinajstić information content (AvgIpc) is 2.17. The summed E-state index contributed by atoms with van der Waals surface area (Å²) in [4.78, 5) is 21.9.